The molecule has 6 heteroatoms. The van der Waals surface area contributed by atoms with Crippen LogP contribution < -0.4 is 14.2 Å². The zero-order valence-corrected chi connectivity index (χ0v) is 14.9. The molecule has 1 aliphatic rings. The van der Waals surface area contributed by atoms with Gasteiger partial charge in [-0.05, 0) is 37.5 Å². The third kappa shape index (κ3) is 4.19. The van der Waals surface area contributed by atoms with Gasteiger partial charge in [0.25, 0.3) is 0 Å². The first-order chi connectivity index (χ1) is 11.5. The second-order valence-corrected chi connectivity index (χ2v) is 6.15. The number of aliphatic hydroxyl groups excluding tert-OH is 1. The number of methoxy groups -OCH3 is 3. The molecule has 0 amide bonds. The van der Waals surface area contributed by atoms with E-state index in [0.717, 1.165) is 31.5 Å². The van der Waals surface area contributed by atoms with E-state index < -0.39 is 0 Å². The Morgan fingerprint density at radius 3 is 2.12 bits per heavy atom. The van der Waals surface area contributed by atoms with Crippen molar-refractivity contribution in [1.82, 2.24) is 4.90 Å². The number of rotatable bonds is 7. The van der Waals surface area contributed by atoms with Crippen molar-refractivity contribution in [2.45, 2.75) is 38.3 Å². The lowest BCUT2D eigenvalue weighted by atomic mass is 9.96. The number of hydrogen-bond donors (Lipinski definition) is 1. The van der Waals surface area contributed by atoms with E-state index in [9.17, 15) is 9.90 Å². The van der Waals surface area contributed by atoms with E-state index in [2.05, 4.69) is 4.90 Å². The first-order valence-corrected chi connectivity index (χ1v) is 8.21. The Morgan fingerprint density at radius 2 is 1.71 bits per heavy atom. The van der Waals surface area contributed by atoms with Gasteiger partial charge in [-0.3, -0.25) is 9.69 Å². The molecule has 1 saturated heterocycles. The minimum absolute atomic E-state index is 0.0660. The summed E-state index contributed by atoms with van der Waals surface area (Å²) in [5, 5.41) is 9.74. The molecule has 2 rings (SSSR count). The molecule has 134 valence electrons. The molecular weight excluding hydrogens is 310 g/mol. The summed E-state index contributed by atoms with van der Waals surface area (Å²) in [4.78, 5) is 14.0. The third-order valence-corrected chi connectivity index (χ3v) is 4.49. The van der Waals surface area contributed by atoms with Gasteiger partial charge >= 0.3 is 0 Å². The summed E-state index contributed by atoms with van der Waals surface area (Å²) in [6.07, 6.45) is 1.60. The number of Topliss-reactive ketones (excluding diaryl/α,β-unsaturated/α-hetero) is 1. The van der Waals surface area contributed by atoms with Gasteiger partial charge in [-0.15, -0.1) is 0 Å². The number of carbonyl (C=O) groups is 1. The molecule has 1 atom stereocenters. The van der Waals surface area contributed by atoms with Crippen LogP contribution in [0.1, 0.15) is 37.8 Å². The van der Waals surface area contributed by atoms with Crippen LogP contribution in [0.4, 0.5) is 0 Å². The van der Waals surface area contributed by atoms with Crippen LogP contribution >= 0.6 is 0 Å². The number of carbonyl (C=O) groups excluding carboxylic acids is 1. The van der Waals surface area contributed by atoms with Gasteiger partial charge < -0.3 is 19.3 Å². The zero-order chi connectivity index (χ0) is 17.7. The highest BCUT2D eigenvalue weighted by Crippen LogP contribution is 2.41. The summed E-state index contributed by atoms with van der Waals surface area (Å²) in [5.41, 5.74) is 0.955. The largest absolute Gasteiger partial charge is 0.493 e. The number of benzene rings is 1. The Bertz CT molecular complexity index is 542. The molecule has 1 aromatic carbocycles. The minimum Gasteiger partial charge on any atom is -0.493 e. The standard InChI is InChI=1S/C18H27NO5/c1-12(20)9-15(19-7-5-14(21)6-8-19)13-10-16(22-2)18(24-4)17(11-13)23-3/h10-11,14-15,21H,5-9H2,1-4H3. The summed E-state index contributed by atoms with van der Waals surface area (Å²) in [6, 6.07) is 3.74. The molecule has 0 aliphatic carbocycles. The molecular formula is C18H27NO5. The van der Waals surface area contributed by atoms with E-state index in [0.29, 0.717) is 23.7 Å². The fourth-order valence-electron chi connectivity index (χ4n) is 3.22. The number of likely N-dealkylation sites (tertiary alicyclic amines) is 1. The molecule has 0 bridgehead atoms. The first kappa shape index (κ1) is 18.5. The van der Waals surface area contributed by atoms with Crippen LogP contribution in [0.5, 0.6) is 17.2 Å². The molecule has 0 saturated carbocycles. The van der Waals surface area contributed by atoms with Crippen LogP contribution in [-0.4, -0.2) is 56.3 Å². The smallest absolute Gasteiger partial charge is 0.203 e. The number of piperidine rings is 1. The number of ketones is 1. The number of hydrogen-bond acceptors (Lipinski definition) is 6. The summed E-state index contributed by atoms with van der Waals surface area (Å²) in [7, 11) is 4.73. The van der Waals surface area contributed by atoms with Crippen molar-refractivity contribution in [1.29, 1.82) is 0 Å². The van der Waals surface area contributed by atoms with E-state index in [1.807, 2.05) is 12.1 Å². The number of aliphatic hydroxyl groups is 1. The molecule has 1 fully saturated rings. The SMILES string of the molecule is COc1cc(C(CC(C)=O)N2CCC(O)CC2)cc(OC)c1OC. The highest BCUT2D eigenvalue weighted by Gasteiger charge is 2.28. The molecule has 0 spiro atoms. The lowest BCUT2D eigenvalue weighted by molar-refractivity contribution is -0.118. The molecule has 1 N–H and O–H groups in total. The first-order valence-electron chi connectivity index (χ1n) is 8.21. The second kappa shape index (κ2) is 8.35. The minimum atomic E-state index is -0.251. The van der Waals surface area contributed by atoms with Gasteiger partial charge in [0.05, 0.1) is 27.4 Å². The van der Waals surface area contributed by atoms with Crippen LogP contribution in [0.3, 0.4) is 0 Å². The van der Waals surface area contributed by atoms with Gasteiger partial charge in [0, 0.05) is 25.6 Å². The van der Waals surface area contributed by atoms with E-state index in [-0.39, 0.29) is 17.9 Å². The second-order valence-electron chi connectivity index (χ2n) is 6.15. The van der Waals surface area contributed by atoms with Crippen molar-refractivity contribution >= 4 is 5.78 Å². The number of nitrogens with zero attached hydrogens (tertiary/aromatic N) is 1. The Hall–Kier alpha value is -1.79. The quantitative estimate of drug-likeness (QED) is 0.823. The van der Waals surface area contributed by atoms with Crippen LogP contribution in [-0.2, 0) is 4.79 Å². The maximum Gasteiger partial charge on any atom is 0.203 e. The van der Waals surface area contributed by atoms with E-state index >= 15 is 0 Å². The van der Waals surface area contributed by atoms with Gasteiger partial charge in [-0.1, -0.05) is 0 Å². The van der Waals surface area contributed by atoms with Gasteiger partial charge in [0.1, 0.15) is 5.78 Å². The fourth-order valence-corrected chi connectivity index (χ4v) is 3.22. The van der Waals surface area contributed by atoms with Gasteiger partial charge in [-0.25, -0.2) is 0 Å². The molecule has 24 heavy (non-hydrogen) atoms. The predicted octanol–water partition coefficient (Wildman–Crippen LogP) is 2.19. The van der Waals surface area contributed by atoms with Gasteiger partial charge in [0.2, 0.25) is 5.75 Å². The van der Waals surface area contributed by atoms with Crippen molar-refractivity contribution < 1.29 is 24.1 Å². The van der Waals surface area contributed by atoms with E-state index in [4.69, 9.17) is 14.2 Å². The van der Waals surface area contributed by atoms with E-state index in [1.54, 1.807) is 28.3 Å². The molecule has 0 aromatic heterocycles. The van der Waals surface area contributed by atoms with Crippen molar-refractivity contribution in [2.75, 3.05) is 34.4 Å². The normalized spacial score (nSPS) is 17.4. The van der Waals surface area contributed by atoms with Gasteiger partial charge in [0.15, 0.2) is 11.5 Å². The monoisotopic (exact) mass is 337 g/mol. The lowest BCUT2D eigenvalue weighted by Crippen LogP contribution is -2.39. The highest BCUT2D eigenvalue weighted by atomic mass is 16.5. The van der Waals surface area contributed by atoms with Gasteiger partial charge in [-0.2, -0.15) is 0 Å². The summed E-state index contributed by atoms with van der Waals surface area (Å²) >= 11 is 0. The average Bonchev–Trinajstić information content (AvgIpc) is 2.59. The molecule has 0 radical (unpaired) electrons. The maximum atomic E-state index is 11.8. The molecule has 1 unspecified atom stereocenters. The zero-order valence-electron chi connectivity index (χ0n) is 14.9. The van der Waals surface area contributed by atoms with Crippen LogP contribution in [0, 0.1) is 0 Å². The Morgan fingerprint density at radius 1 is 1.17 bits per heavy atom. The van der Waals surface area contributed by atoms with Crippen LogP contribution in [0.2, 0.25) is 0 Å². The summed E-state index contributed by atoms with van der Waals surface area (Å²) in [6.45, 7) is 3.12. The molecule has 6 nitrogen and oxygen atoms in total. The third-order valence-electron chi connectivity index (χ3n) is 4.49. The maximum absolute atomic E-state index is 11.8. The Balaban J connectivity index is 2.39. The van der Waals surface area contributed by atoms with Crippen molar-refractivity contribution in [3.05, 3.63) is 17.7 Å². The Labute approximate surface area is 143 Å². The predicted molar refractivity (Wildman–Crippen MR) is 91.0 cm³/mol. The summed E-state index contributed by atoms with van der Waals surface area (Å²) < 4.78 is 16.2. The molecule has 1 aliphatic heterocycles. The van der Waals surface area contributed by atoms with Crippen molar-refractivity contribution in [3.8, 4) is 17.2 Å². The highest BCUT2D eigenvalue weighted by molar-refractivity contribution is 5.76. The summed E-state index contributed by atoms with van der Waals surface area (Å²) in [5.74, 6) is 1.83. The fraction of sp³-hybridized carbons (Fsp3) is 0.611. The molecule has 1 aromatic rings. The molecule has 1 heterocycles. The van der Waals surface area contributed by atoms with Crippen molar-refractivity contribution in [3.63, 3.8) is 0 Å². The topological polar surface area (TPSA) is 68.2 Å². The number of ether oxygens (including phenoxy) is 3. The van der Waals surface area contributed by atoms with Crippen LogP contribution in [0.15, 0.2) is 12.1 Å². The van der Waals surface area contributed by atoms with E-state index in [1.165, 1.54) is 0 Å². The Kier molecular flexibility index (Phi) is 6.45. The lowest BCUT2D eigenvalue weighted by Gasteiger charge is -2.36. The van der Waals surface area contributed by atoms with Crippen molar-refractivity contribution in [2.24, 2.45) is 0 Å². The average molecular weight is 337 g/mol. The van der Waals surface area contributed by atoms with Crippen LogP contribution in [0.25, 0.3) is 0 Å².